The van der Waals surface area contributed by atoms with Gasteiger partial charge in [-0.1, -0.05) is 6.92 Å². The van der Waals surface area contributed by atoms with Gasteiger partial charge in [-0.3, -0.25) is 10.2 Å². The Balaban J connectivity index is 2.38. The van der Waals surface area contributed by atoms with Gasteiger partial charge in [-0.2, -0.15) is 12.6 Å². The van der Waals surface area contributed by atoms with Crippen molar-refractivity contribution in [1.82, 2.24) is 10.2 Å². The highest BCUT2D eigenvalue weighted by Crippen LogP contribution is 2.12. The molecule has 0 saturated carbocycles. The van der Waals surface area contributed by atoms with Crippen molar-refractivity contribution < 1.29 is 0 Å². The van der Waals surface area contributed by atoms with E-state index in [9.17, 15) is 0 Å². The van der Waals surface area contributed by atoms with Crippen molar-refractivity contribution in [2.75, 3.05) is 13.1 Å². The van der Waals surface area contributed by atoms with E-state index in [0.717, 1.165) is 13.1 Å². The Kier molecular flexibility index (Phi) is 2.70. The van der Waals surface area contributed by atoms with E-state index >= 15 is 0 Å². The third-order valence-corrected chi connectivity index (χ3v) is 2.29. The van der Waals surface area contributed by atoms with Crippen molar-refractivity contribution in [2.24, 2.45) is 0 Å². The first-order valence-electron chi connectivity index (χ1n) is 3.10. The van der Waals surface area contributed by atoms with Crippen LogP contribution >= 0.6 is 25.3 Å². The maximum absolute atomic E-state index is 4.29. The van der Waals surface area contributed by atoms with Crippen LogP contribution in [0.5, 0.6) is 0 Å². The quantitative estimate of drug-likeness (QED) is 0.486. The molecule has 1 aliphatic heterocycles. The minimum absolute atomic E-state index is 0.206. The zero-order valence-corrected chi connectivity index (χ0v) is 7.20. The van der Waals surface area contributed by atoms with E-state index in [-0.39, 0.29) is 5.50 Å². The Bertz CT molecular complexity index is 99.0. The molecule has 0 bridgehead atoms. The number of likely N-dealkylation sites (N-methyl/N-ethyl adjacent to an activating group) is 1. The molecule has 0 aromatic heterocycles. The van der Waals surface area contributed by atoms with Gasteiger partial charge in [0.15, 0.2) is 0 Å². The molecule has 0 aromatic rings. The highest BCUT2D eigenvalue weighted by atomic mass is 32.1. The number of thiol groups is 2. The predicted molar refractivity (Wildman–Crippen MR) is 45.9 cm³/mol. The summed E-state index contributed by atoms with van der Waals surface area (Å²) in [5.41, 5.74) is 0.206. The fraction of sp³-hybridized carbons (Fsp3) is 1.00. The highest BCUT2D eigenvalue weighted by molar-refractivity contribution is 7.82. The number of hydrogen-bond acceptors (Lipinski definition) is 4. The molecule has 0 radical (unpaired) electrons. The van der Waals surface area contributed by atoms with E-state index in [1.807, 2.05) is 0 Å². The molecule has 0 amide bonds. The van der Waals surface area contributed by atoms with Gasteiger partial charge in [-0.05, 0) is 6.54 Å². The molecule has 0 aliphatic carbocycles. The smallest absolute Gasteiger partial charge is 0.106 e. The minimum Gasteiger partial charge on any atom is -0.281 e. The Hall–Kier alpha value is 0.620. The van der Waals surface area contributed by atoms with E-state index < -0.39 is 0 Å². The maximum atomic E-state index is 4.29. The predicted octanol–water partition coefficient (Wildman–Crippen LogP) is 0.381. The Morgan fingerprint density at radius 3 is 2.56 bits per heavy atom. The van der Waals surface area contributed by atoms with Crippen LogP contribution in [0.2, 0.25) is 0 Å². The van der Waals surface area contributed by atoms with Crippen LogP contribution in [0.3, 0.4) is 0 Å². The van der Waals surface area contributed by atoms with Crippen molar-refractivity contribution in [2.45, 2.75) is 17.8 Å². The molecule has 1 N–H and O–H groups in total. The third-order valence-electron chi connectivity index (χ3n) is 1.50. The summed E-state index contributed by atoms with van der Waals surface area (Å²) in [7, 11) is 0. The summed E-state index contributed by atoms with van der Waals surface area (Å²) in [6, 6.07) is 0. The van der Waals surface area contributed by atoms with E-state index in [0.29, 0.717) is 5.37 Å². The lowest BCUT2D eigenvalue weighted by Gasteiger charge is -2.15. The van der Waals surface area contributed by atoms with Crippen molar-refractivity contribution >= 4 is 25.3 Å². The highest BCUT2D eigenvalue weighted by Gasteiger charge is 2.24. The molecule has 4 heteroatoms. The summed E-state index contributed by atoms with van der Waals surface area (Å²) in [5.74, 6) is 0. The van der Waals surface area contributed by atoms with Crippen LogP contribution in [0.15, 0.2) is 0 Å². The van der Waals surface area contributed by atoms with Gasteiger partial charge in [-0.15, -0.1) is 12.6 Å². The average molecular weight is 164 g/mol. The SMILES string of the molecule is CCN1CC(S)NC1S. The molecule has 9 heavy (non-hydrogen) atoms. The van der Waals surface area contributed by atoms with Crippen LogP contribution in [-0.4, -0.2) is 28.9 Å². The second-order valence-corrected chi connectivity index (χ2v) is 3.26. The molecule has 0 aromatic carbocycles. The first-order valence-corrected chi connectivity index (χ1v) is 4.13. The summed E-state index contributed by atoms with van der Waals surface area (Å²) in [5, 5.41) is 3.47. The average Bonchev–Trinajstić information content (AvgIpc) is 2.10. The van der Waals surface area contributed by atoms with Gasteiger partial charge in [0.1, 0.15) is 5.50 Å². The standard InChI is InChI=1S/C5H12N2S2/c1-2-7-3-4(8)6-5(7)9/h4-6,8-9H,2-3H2,1H3. The summed E-state index contributed by atoms with van der Waals surface area (Å²) in [6.07, 6.45) is 0. The van der Waals surface area contributed by atoms with E-state index in [4.69, 9.17) is 0 Å². The molecule has 54 valence electrons. The topological polar surface area (TPSA) is 15.3 Å². The Labute approximate surface area is 66.8 Å². The Morgan fingerprint density at radius 2 is 2.33 bits per heavy atom. The third kappa shape index (κ3) is 1.77. The molecular formula is C5H12N2S2. The number of hydrogen-bond donors (Lipinski definition) is 3. The van der Waals surface area contributed by atoms with Crippen LogP contribution < -0.4 is 5.32 Å². The zero-order chi connectivity index (χ0) is 6.85. The summed E-state index contributed by atoms with van der Waals surface area (Å²) < 4.78 is 0. The van der Waals surface area contributed by atoms with Crippen LogP contribution in [0, 0.1) is 0 Å². The second-order valence-electron chi connectivity index (χ2n) is 2.14. The van der Waals surface area contributed by atoms with Crippen molar-refractivity contribution in [1.29, 1.82) is 0 Å². The van der Waals surface area contributed by atoms with Crippen LogP contribution in [0.4, 0.5) is 0 Å². The van der Waals surface area contributed by atoms with Crippen molar-refractivity contribution in [3.05, 3.63) is 0 Å². The largest absolute Gasteiger partial charge is 0.281 e. The van der Waals surface area contributed by atoms with Gasteiger partial charge in [0.2, 0.25) is 0 Å². The first-order chi connectivity index (χ1) is 4.24. The number of rotatable bonds is 1. The van der Waals surface area contributed by atoms with Crippen LogP contribution in [0.25, 0.3) is 0 Å². The van der Waals surface area contributed by atoms with Gasteiger partial charge < -0.3 is 0 Å². The minimum atomic E-state index is 0.206. The fourth-order valence-electron chi connectivity index (χ4n) is 0.954. The fourth-order valence-corrected chi connectivity index (χ4v) is 1.86. The van der Waals surface area contributed by atoms with Crippen molar-refractivity contribution in [3.63, 3.8) is 0 Å². The number of nitrogens with one attached hydrogen (secondary N) is 1. The summed E-state index contributed by atoms with van der Waals surface area (Å²) in [6.45, 7) is 4.16. The summed E-state index contributed by atoms with van der Waals surface area (Å²) >= 11 is 8.56. The van der Waals surface area contributed by atoms with Crippen molar-refractivity contribution in [3.8, 4) is 0 Å². The molecule has 1 fully saturated rings. The summed E-state index contributed by atoms with van der Waals surface area (Å²) in [4.78, 5) is 2.22. The molecule has 2 nitrogen and oxygen atoms in total. The van der Waals surface area contributed by atoms with Gasteiger partial charge in [0.05, 0.1) is 5.37 Å². The lowest BCUT2D eigenvalue weighted by atomic mass is 10.6. The molecule has 0 spiro atoms. The molecule has 2 unspecified atom stereocenters. The van der Waals surface area contributed by atoms with Crippen LogP contribution in [-0.2, 0) is 0 Å². The second kappa shape index (κ2) is 3.14. The monoisotopic (exact) mass is 164 g/mol. The Morgan fingerprint density at radius 1 is 1.67 bits per heavy atom. The first kappa shape index (κ1) is 7.72. The van der Waals surface area contributed by atoms with Gasteiger partial charge in [-0.25, -0.2) is 0 Å². The molecule has 2 atom stereocenters. The van der Waals surface area contributed by atoms with Gasteiger partial charge >= 0.3 is 0 Å². The maximum Gasteiger partial charge on any atom is 0.106 e. The molecule has 1 heterocycles. The van der Waals surface area contributed by atoms with Gasteiger partial charge in [0.25, 0.3) is 0 Å². The van der Waals surface area contributed by atoms with E-state index in [1.165, 1.54) is 0 Å². The normalized spacial score (nSPS) is 37.7. The lowest BCUT2D eigenvalue weighted by molar-refractivity contribution is 0.330. The molecule has 1 rings (SSSR count). The van der Waals surface area contributed by atoms with E-state index in [1.54, 1.807) is 0 Å². The van der Waals surface area contributed by atoms with E-state index in [2.05, 4.69) is 42.4 Å². The van der Waals surface area contributed by atoms with Crippen LogP contribution in [0.1, 0.15) is 6.92 Å². The van der Waals surface area contributed by atoms with Gasteiger partial charge in [0, 0.05) is 6.54 Å². The molecule has 1 aliphatic rings. The number of nitrogens with zero attached hydrogens (tertiary/aromatic N) is 1. The lowest BCUT2D eigenvalue weighted by Crippen LogP contribution is -2.30. The molecule has 1 saturated heterocycles. The molecular weight excluding hydrogens is 152 g/mol. The zero-order valence-electron chi connectivity index (χ0n) is 5.41.